The van der Waals surface area contributed by atoms with E-state index >= 15 is 0 Å². The number of carbonyl (C=O) groups excluding carboxylic acids is 1. The molecule has 1 amide bonds. The zero-order valence-electron chi connectivity index (χ0n) is 12.1. The van der Waals surface area contributed by atoms with Gasteiger partial charge in [-0.05, 0) is 34.7 Å². The summed E-state index contributed by atoms with van der Waals surface area (Å²) in [5.41, 5.74) is 1.56. The quantitative estimate of drug-likeness (QED) is 0.779. The van der Waals surface area contributed by atoms with Crippen molar-refractivity contribution >= 4 is 11.6 Å². The van der Waals surface area contributed by atoms with E-state index in [0.717, 1.165) is 11.3 Å². The van der Waals surface area contributed by atoms with E-state index < -0.39 is 0 Å². The van der Waals surface area contributed by atoms with Crippen LogP contribution in [0.2, 0.25) is 0 Å². The van der Waals surface area contributed by atoms with Crippen LogP contribution in [0.4, 0.5) is 5.69 Å². The van der Waals surface area contributed by atoms with Crippen LogP contribution in [-0.2, 0) is 18.3 Å². The number of benzene rings is 1. The van der Waals surface area contributed by atoms with Crippen molar-refractivity contribution in [3.8, 4) is 11.4 Å². The molecule has 2 heterocycles. The third-order valence-corrected chi connectivity index (χ3v) is 3.20. The molecule has 0 saturated carbocycles. The van der Waals surface area contributed by atoms with E-state index in [1.165, 1.54) is 0 Å². The Balaban J connectivity index is 1.65. The van der Waals surface area contributed by atoms with Crippen molar-refractivity contribution in [1.82, 2.24) is 20.2 Å². The van der Waals surface area contributed by atoms with Gasteiger partial charge in [-0.25, -0.2) is 4.68 Å². The largest absolute Gasteiger partial charge is 0.469 e. The van der Waals surface area contributed by atoms with Gasteiger partial charge >= 0.3 is 0 Å². The van der Waals surface area contributed by atoms with Gasteiger partial charge in [-0.1, -0.05) is 12.1 Å². The summed E-state index contributed by atoms with van der Waals surface area (Å²) in [6.45, 7) is 0. The number of furan rings is 1. The number of rotatable bonds is 5. The molecule has 0 saturated heterocycles. The second kappa shape index (κ2) is 6.21. The highest BCUT2D eigenvalue weighted by atomic mass is 16.3. The van der Waals surface area contributed by atoms with E-state index in [4.69, 9.17) is 4.42 Å². The second-order valence-electron chi connectivity index (χ2n) is 4.83. The molecule has 0 aliphatic heterocycles. The molecule has 0 radical (unpaired) electrons. The zero-order chi connectivity index (χ0) is 15.4. The summed E-state index contributed by atoms with van der Waals surface area (Å²) in [5, 5.41) is 14.2. The maximum Gasteiger partial charge on any atom is 0.224 e. The lowest BCUT2D eigenvalue weighted by molar-refractivity contribution is -0.116. The number of aromatic nitrogens is 4. The Hall–Kier alpha value is -2.96. The molecular formula is C15H15N5O2. The standard InChI is InChI=1S/C15H15N5O2/c1-20-15(17-18-19-20)11-4-2-5-12(10-11)16-14(21)8-7-13-6-3-9-22-13/h2-6,9-10H,7-8H2,1H3,(H,16,21). The normalized spacial score (nSPS) is 10.6. The number of nitrogens with one attached hydrogen (secondary N) is 1. The zero-order valence-corrected chi connectivity index (χ0v) is 12.1. The van der Waals surface area contributed by atoms with Crippen LogP contribution in [0.5, 0.6) is 0 Å². The van der Waals surface area contributed by atoms with Gasteiger partial charge in [0.2, 0.25) is 5.91 Å². The molecule has 0 bridgehead atoms. The van der Waals surface area contributed by atoms with Crippen LogP contribution in [0.3, 0.4) is 0 Å². The van der Waals surface area contributed by atoms with E-state index in [1.807, 2.05) is 36.4 Å². The molecular weight excluding hydrogens is 282 g/mol. The number of hydrogen-bond acceptors (Lipinski definition) is 5. The summed E-state index contributed by atoms with van der Waals surface area (Å²) in [6, 6.07) is 11.1. The summed E-state index contributed by atoms with van der Waals surface area (Å²) in [5.74, 6) is 1.38. The lowest BCUT2D eigenvalue weighted by Gasteiger charge is -2.06. The molecule has 3 rings (SSSR count). The highest BCUT2D eigenvalue weighted by Gasteiger charge is 2.08. The fraction of sp³-hybridized carbons (Fsp3) is 0.200. The van der Waals surface area contributed by atoms with Crippen molar-refractivity contribution in [3.05, 3.63) is 48.4 Å². The molecule has 0 spiro atoms. The van der Waals surface area contributed by atoms with E-state index in [2.05, 4.69) is 20.8 Å². The van der Waals surface area contributed by atoms with Gasteiger partial charge in [0, 0.05) is 31.1 Å². The lowest BCUT2D eigenvalue weighted by Crippen LogP contribution is -2.12. The number of nitrogens with zero attached hydrogens (tertiary/aromatic N) is 4. The van der Waals surface area contributed by atoms with Gasteiger partial charge in [0.15, 0.2) is 5.82 Å². The maximum atomic E-state index is 12.0. The molecule has 0 fully saturated rings. The minimum atomic E-state index is -0.0651. The summed E-state index contributed by atoms with van der Waals surface area (Å²) in [4.78, 5) is 12.0. The van der Waals surface area contributed by atoms with Gasteiger partial charge in [-0.15, -0.1) is 5.10 Å². The molecule has 3 aromatic rings. The predicted molar refractivity (Wildman–Crippen MR) is 79.9 cm³/mol. The van der Waals surface area contributed by atoms with Crippen molar-refractivity contribution < 1.29 is 9.21 Å². The molecule has 2 aromatic heterocycles. The Morgan fingerprint density at radius 1 is 1.32 bits per heavy atom. The lowest BCUT2D eigenvalue weighted by atomic mass is 10.2. The third-order valence-electron chi connectivity index (χ3n) is 3.20. The predicted octanol–water partition coefficient (Wildman–Crippen LogP) is 2.04. The maximum absolute atomic E-state index is 12.0. The average Bonchev–Trinajstić information content (AvgIpc) is 3.16. The summed E-state index contributed by atoms with van der Waals surface area (Å²) in [7, 11) is 1.77. The van der Waals surface area contributed by atoms with Crippen LogP contribution >= 0.6 is 0 Å². The highest BCUT2D eigenvalue weighted by molar-refractivity contribution is 5.91. The van der Waals surface area contributed by atoms with Gasteiger partial charge in [0.1, 0.15) is 5.76 Å². The SMILES string of the molecule is Cn1nnnc1-c1cccc(NC(=O)CCc2ccco2)c1. The van der Waals surface area contributed by atoms with Gasteiger partial charge in [-0.2, -0.15) is 0 Å². The smallest absolute Gasteiger partial charge is 0.224 e. The summed E-state index contributed by atoms with van der Waals surface area (Å²) >= 11 is 0. The van der Waals surface area contributed by atoms with E-state index in [1.54, 1.807) is 18.0 Å². The number of amides is 1. The van der Waals surface area contributed by atoms with Crippen molar-refractivity contribution in [2.24, 2.45) is 7.05 Å². The minimum absolute atomic E-state index is 0.0651. The fourth-order valence-electron chi connectivity index (χ4n) is 2.13. The Kier molecular flexibility index (Phi) is 3.95. The first-order valence-electron chi connectivity index (χ1n) is 6.87. The van der Waals surface area contributed by atoms with Crippen LogP contribution in [0.15, 0.2) is 47.1 Å². The van der Waals surface area contributed by atoms with Crippen LogP contribution < -0.4 is 5.32 Å². The molecule has 22 heavy (non-hydrogen) atoms. The second-order valence-corrected chi connectivity index (χ2v) is 4.83. The fourth-order valence-corrected chi connectivity index (χ4v) is 2.13. The number of anilines is 1. The van der Waals surface area contributed by atoms with E-state index in [0.29, 0.717) is 24.4 Å². The number of aryl methyl sites for hydroxylation is 2. The van der Waals surface area contributed by atoms with Crippen molar-refractivity contribution in [2.75, 3.05) is 5.32 Å². The molecule has 112 valence electrons. The molecule has 0 unspecified atom stereocenters. The minimum Gasteiger partial charge on any atom is -0.469 e. The Bertz CT molecular complexity index is 764. The number of carbonyl (C=O) groups is 1. The van der Waals surface area contributed by atoms with Gasteiger partial charge in [0.25, 0.3) is 0 Å². The highest BCUT2D eigenvalue weighted by Crippen LogP contribution is 2.19. The van der Waals surface area contributed by atoms with Crippen molar-refractivity contribution in [3.63, 3.8) is 0 Å². The van der Waals surface area contributed by atoms with Crippen molar-refractivity contribution in [1.29, 1.82) is 0 Å². The first kappa shape index (κ1) is 14.0. The third kappa shape index (κ3) is 3.20. The van der Waals surface area contributed by atoms with Gasteiger partial charge in [0.05, 0.1) is 6.26 Å². The van der Waals surface area contributed by atoms with Crippen molar-refractivity contribution in [2.45, 2.75) is 12.8 Å². The Morgan fingerprint density at radius 3 is 2.95 bits per heavy atom. The molecule has 0 aliphatic carbocycles. The van der Waals surface area contributed by atoms with Crippen LogP contribution in [0.1, 0.15) is 12.2 Å². The Morgan fingerprint density at radius 2 is 2.23 bits per heavy atom. The Labute approximate surface area is 126 Å². The first-order valence-corrected chi connectivity index (χ1v) is 6.87. The van der Waals surface area contributed by atoms with Crippen LogP contribution in [0, 0.1) is 0 Å². The first-order chi connectivity index (χ1) is 10.7. The van der Waals surface area contributed by atoms with E-state index in [9.17, 15) is 4.79 Å². The molecule has 1 aromatic carbocycles. The molecule has 7 nitrogen and oxygen atoms in total. The van der Waals surface area contributed by atoms with Crippen LogP contribution in [-0.4, -0.2) is 26.1 Å². The molecule has 7 heteroatoms. The topological polar surface area (TPSA) is 85.8 Å². The summed E-state index contributed by atoms with van der Waals surface area (Å²) < 4.78 is 6.79. The van der Waals surface area contributed by atoms with Gasteiger partial charge < -0.3 is 9.73 Å². The molecule has 1 N–H and O–H groups in total. The summed E-state index contributed by atoms with van der Waals surface area (Å²) in [6.07, 6.45) is 2.54. The molecule has 0 aliphatic rings. The van der Waals surface area contributed by atoms with Crippen LogP contribution in [0.25, 0.3) is 11.4 Å². The van der Waals surface area contributed by atoms with E-state index in [-0.39, 0.29) is 5.91 Å². The number of tetrazole rings is 1. The monoisotopic (exact) mass is 297 g/mol. The van der Waals surface area contributed by atoms with Gasteiger partial charge in [-0.3, -0.25) is 4.79 Å². The average molecular weight is 297 g/mol. The molecule has 0 atom stereocenters. The number of hydrogen-bond donors (Lipinski definition) is 1.